The smallest absolute Gasteiger partial charge is 0.259 e. The van der Waals surface area contributed by atoms with Crippen LogP contribution in [0.5, 0.6) is 0 Å². The van der Waals surface area contributed by atoms with Gasteiger partial charge in [0.05, 0.1) is 41.2 Å². The minimum atomic E-state index is -0.322. The first kappa shape index (κ1) is 32.0. The molecule has 0 bridgehead atoms. The molecule has 2 aliphatic carbocycles. The van der Waals surface area contributed by atoms with E-state index in [-0.39, 0.29) is 23.3 Å². The first-order valence-corrected chi connectivity index (χ1v) is 17.1. The van der Waals surface area contributed by atoms with Gasteiger partial charge in [-0.3, -0.25) is 18.8 Å². The Morgan fingerprint density at radius 1 is 0.660 bits per heavy atom. The topological polar surface area (TPSA) is 149 Å². The SMILES string of the molecule is Fc1ccc(-c2nc3cnccn3c2-c2ccnc(NC3CC3)n2)cc1.On1c(-c2c(-c3ccc(F)cc3)nc3cnccn23)ccnc1=NC1CC1. The fourth-order valence-electron chi connectivity index (χ4n) is 5.93. The third kappa shape index (κ3) is 6.55. The van der Waals surface area contributed by atoms with E-state index in [0.717, 1.165) is 58.6 Å². The quantitative estimate of drug-likeness (QED) is 0.183. The van der Waals surface area contributed by atoms with Gasteiger partial charge in [0.2, 0.25) is 5.95 Å². The Bertz CT molecular complexity index is 2660. The molecule has 0 spiro atoms. The number of nitrogens with zero attached hydrogens (tertiary/aromatic N) is 11. The molecule has 0 aliphatic heterocycles. The first-order valence-electron chi connectivity index (χ1n) is 17.1. The predicted molar refractivity (Wildman–Crippen MR) is 191 cm³/mol. The number of imidazole rings is 2. The number of benzene rings is 2. The molecular formula is C38H30F2N12O. The summed E-state index contributed by atoms with van der Waals surface area (Å²) < 4.78 is 31.5. The molecule has 2 fully saturated rings. The summed E-state index contributed by atoms with van der Waals surface area (Å²) in [6.45, 7) is 0. The number of aromatic nitrogens is 10. The summed E-state index contributed by atoms with van der Waals surface area (Å²) in [4.78, 5) is 35.2. The van der Waals surface area contributed by atoms with Crippen molar-refractivity contribution >= 4 is 17.2 Å². The molecular weight excluding hydrogens is 678 g/mol. The van der Waals surface area contributed by atoms with Crippen molar-refractivity contribution in [1.82, 2.24) is 48.4 Å². The molecule has 10 rings (SSSR count). The average molecular weight is 709 g/mol. The summed E-state index contributed by atoms with van der Waals surface area (Å²) in [5.41, 5.74) is 7.18. The molecule has 13 nitrogen and oxygen atoms in total. The van der Waals surface area contributed by atoms with Crippen LogP contribution in [0, 0.1) is 11.6 Å². The van der Waals surface area contributed by atoms with E-state index in [2.05, 4.69) is 45.2 Å². The van der Waals surface area contributed by atoms with E-state index in [1.165, 1.54) is 24.3 Å². The molecule has 2 saturated carbocycles. The van der Waals surface area contributed by atoms with Crippen molar-refractivity contribution < 1.29 is 14.0 Å². The second-order valence-electron chi connectivity index (χ2n) is 12.7. The van der Waals surface area contributed by atoms with E-state index in [1.807, 2.05) is 21.1 Å². The fourth-order valence-corrected chi connectivity index (χ4v) is 5.93. The van der Waals surface area contributed by atoms with Crippen molar-refractivity contribution in [2.24, 2.45) is 4.99 Å². The Morgan fingerprint density at radius 2 is 1.25 bits per heavy atom. The molecule has 0 radical (unpaired) electrons. The van der Waals surface area contributed by atoms with Gasteiger partial charge in [0.1, 0.15) is 23.0 Å². The lowest BCUT2D eigenvalue weighted by Crippen LogP contribution is -2.24. The second kappa shape index (κ2) is 13.3. The van der Waals surface area contributed by atoms with Crippen molar-refractivity contribution in [3.05, 3.63) is 127 Å². The van der Waals surface area contributed by atoms with Gasteiger partial charge in [-0.1, -0.05) is 0 Å². The second-order valence-corrected chi connectivity index (χ2v) is 12.7. The van der Waals surface area contributed by atoms with Crippen LogP contribution in [0.4, 0.5) is 14.7 Å². The first-order chi connectivity index (χ1) is 26.0. The number of hydrogen-bond acceptors (Lipinski definition) is 10. The van der Waals surface area contributed by atoms with Crippen molar-refractivity contribution in [3.8, 4) is 45.3 Å². The zero-order chi connectivity index (χ0) is 35.9. The number of nitrogens with one attached hydrogen (secondary N) is 1. The third-order valence-electron chi connectivity index (χ3n) is 8.83. The third-order valence-corrected chi connectivity index (χ3v) is 8.83. The average Bonchev–Trinajstić information content (AvgIpc) is 4.11. The maximum Gasteiger partial charge on any atom is 0.259 e. The van der Waals surface area contributed by atoms with Crippen LogP contribution in [0.1, 0.15) is 25.7 Å². The molecule has 2 N–H and O–H groups in total. The molecule has 2 aliphatic rings. The van der Waals surface area contributed by atoms with Crippen molar-refractivity contribution in [3.63, 3.8) is 0 Å². The van der Waals surface area contributed by atoms with Gasteiger partial charge in [-0.15, -0.1) is 4.73 Å². The van der Waals surface area contributed by atoms with Crippen LogP contribution in [0.25, 0.3) is 56.6 Å². The largest absolute Gasteiger partial charge is 0.425 e. The van der Waals surface area contributed by atoms with Crippen LogP contribution >= 0.6 is 0 Å². The van der Waals surface area contributed by atoms with E-state index in [9.17, 15) is 14.0 Å². The Hall–Kier alpha value is -6.90. The summed E-state index contributed by atoms with van der Waals surface area (Å²) in [5.74, 6) is 0.00938. The number of anilines is 1. The van der Waals surface area contributed by atoms with Gasteiger partial charge in [0.25, 0.3) is 5.62 Å². The Balaban J connectivity index is 0.000000141. The minimum Gasteiger partial charge on any atom is -0.425 e. The van der Waals surface area contributed by atoms with Gasteiger partial charge >= 0.3 is 0 Å². The van der Waals surface area contributed by atoms with Crippen LogP contribution in [-0.2, 0) is 0 Å². The van der Waals surface area contributed by atoms with Gasteiger partial charge in [-0.25, -0.2) is 38.7 Å². The molecule has 0 saturated heterocycles. The van der Waals surface area contributed by atoms with Crippen LogP contribution in [0.2, 0.25) is 0 Å². The van der Waals surface area contributed by atoms with Gasteiger partial charge < -0.3 is 10.5 Å². The highest BCUT2D eigenvalue weighted by Crippen LogP contribution is 2.34. The molecule has 0 atom stereocenters. The minimum absolute atomic E-state index is 0.217. The highest BCUT2D eigenvalue weighted by atomic mass is 19.1. The lowest BCUT2D eigenvalue weighted by Gasteiger charge is -2.09. The summed E-state index contributed by atoms with van der Waals surface area (Å²) in [6.07, 6.45) is 18.0. The van der Waals surface area contributed by atoms with Crippen molar-refractivity contribution in [1.29, 1.82) is 0 Å². The number of rotatable bonds is 7. The maximum absolute atomic E-state index is 13.4. The summed E-state index contributed by atoms with van der Waals surface area (Å²) in [7, 11) is 0. The summed E-state index contributed by atoms with van der Waals surface area (Å²) in [6, 6.07) is 16.6. The number of fused-ring (bicyclic) bond motifs is 2. The molecule has 6 heterocycles. The van der Waals surface area contributed by atoms with Crippen LogP contribution in [0.3, 0.4) is 0 Å². The van der Waals surface area contributed by atoms with E-state index >= 15 is 0 Å². The molecule has 53 heavy (non-hydrogen) atoms. The van der Waals surface area contributed by atoms with Crippen LogP contribution in [-0.4, -0.2) is 65.7 Å². The standard InChI is InChI=1S/C19H15FN6O.C19H15FN6/c20-13-3-1-12(2-4-13)17-18(25-10-9-21-11-16(25)24-17)15-7-8-22-19(26(15)27)23-14-5-6-14;20-13-3-1-12(2-4-13)17-18(26-10-9-21-11-16(26)25-17)15-7-8-22-19(24-15)23-14-5-6-14/h1-4,7-11,14,27H,5-6H2;1-4,7-11,14H,5-6H2,(H,22,23,24). The molecule has 15 heteroatoms. The van der Waals surface area contributed by atoms with Gasteiger partial charge in [-0.05, 0) is 86.3 Å². The van der Waals surface area contributed by atoms with E-state index in [1.54, 1.807) is 73.7 Å². The van der Waals surface area contributed by atoms with Crippen molar-refractivity contribution in [2.75, 3.05) is 5.32 Å². The monoisotopic (exact) mass is 708 g/mol. The Kier molecular flexibility index (Phi) is 8.06. The zero-order valence-corrected chi connectivity index (χ0v) is 28.0. The normalized spacial score (nSPS) is 14.3. The molecule has 262 valence electrons. The van der Waals surface area contributed by atoms with Gasteiger partial charge in [-0.2, -0.15) is 0 Å². The summed E-state index contributed by atoms with van der Waals surface area (Å²) in [5, 5.41) is 14.1. The summed E-state index contributed by atoms with van der Waals surface area (Å²) >= 11 is 0. The molecule has 0 amide bonds. The lowest BCUT2D eigenvalue weighted by atomic mass is 10.1. The number of halogens is 2. The van der Waals surface area contributed by atoms with E-state index in [4.69, 9.17) is 0 Å². The van der Waals surface area contributed by atoms with E-state index in [0.29, 0.717) is 40.4 Å². The molecule has 8 aromatic rings. The predicted octanol–water partition coefficient (Wildman–Crippen LogP) is 6.27. The highest BCUT2D eigenvalue weighted by molar-refractivity contribution is 5.81. The number of hydrogen-bond donors (Lipinski definition) is 2. The molecule has 2 aromatic carbocycles. The Morgan fingerprint density at radius 3 is 1.85 bits per heavy atom. The zero-order valence-electron chi connectivity index (χ0n) is 28.0. The Labute approximate surface area is 300 Å². The van der Waals surface area contributed by atoms with Gasteiger partial charge in [0.15, 0.2) is 11.3 Å². The van der Waals surface area contributed by atoms with E-state index < -0.39 is 0 Å². The van der Waals surface area contributed by atoms with Crippen molar-refractivity contribution in [2.45, 2.75) is 37.8 Å². The highest BCUT2D eigenvalue weighted by Gasteiger charge is 2.24. The van der Waals surface area contributed by atoms with Gasteiger partial charge in [0, 0.05) is 54.3 Å². The maximum atomic E-state index is 13.4. The molecule has 0 unspecified atom stereocenters. The van der Waals surface area contributed by atoms with Crippen LogP contribution in [0.15, 0.2) is 115 Å². The van der Waals surface area contributed by atoms with Crippen LogP contribution < -0.4 is 10.9 Å². The lowest BCUT2D eigenvalue weighted by molar-refractivity contribution is 0.170. The fraction of sp³-hybridized carbons (Fsp3) is 0.158. The molecule has 6 aromatic heterocycles.